The molecule has 1 aromatic heterocycles. The van der Waals surface area contributed by atoms with Crippen molar-refractivity contribution >= 4 is 55.0 Å². The predicted octanol–water partition coefficient (Wildman–Crippen LogP) is 2.45. The Morgan fingerprint density at radius 1 is 1.62 bits per heavy atom. The monoisotopic (exact) mass is 412 g/mol. The van der Waals surface area contributed by atoms with Crippen LogP contribution in [-0.2, 0) is 9.84 Å². The van der Waals surface area contributed by atoms with Gasteiger partial charge in [0.2, 0.25) is 0 Å². The smallest absolute Gasteiger partial charge is 0.258 e. The first-order valence-electron chi connectivity index (χ1n) is 6.28. The molecule has 9 heteroatoms. The Morgan fingerprint density at radius 2 is 2.33 bits per heavy atom. The predicted molar refractivity (Wildman–Crippen MR) is 88.6 cm³/mol. The molecule has 21 heavy (non-hydrogen) atoms. The molecule has 1 unspecified atom stereocenters. The molecule has 1 aliphatic heterocycles. The molecule has 116 valence electrons. The molecule has 0 bridgehead atoms. The van der Waals surface area contributed by atoms with Gasteiger partial charge in [-0.1, -0.05) is 18.5 Å². The highest BCUT2D eigenvalue weighted by atomic mass is 79.9. The number of carbonyl (C=O) groups is 1. The molecule has 1 fully saturated rings. The van der Waals surface area contributed by atoms with E-state index in [4.69, 9.17) is 11.6 Å². The molecule has 0 aliphatic carbocycles. The molecule has 0 spiro atoms. The maximum absolute atomic E-state index is 12.7. The summed E-state index contributed by atoms with van der Waals surface area (Å²) in [5.74, 6) is 0.713. The summed E-state index contributed by atoms with van der Waals surface area (Å²) in [6, 6.07) is 1.56. The first-order valence-corrected chi connectivity index (χ1v) is 10.3. The lowest BCUT2D eigenvalue weighted by molar-refractivity contribution is 0.0749. The number of aromatic nitrogens is 1. The average Bonchev–Trinajstić information content (AvgIpc) is 2.49. The topological polar surface area (TPSA) is 67.3 Å². The van der Waals surface area contributed by atoms with Crippen molar-refractivity contribution in [2.24, 2.45) is 0 Å². The number of hydrogen-bond donors (Lipinski definition) is 0. The number of pyridine rings is 1. The van der Waals surface area contributed by atoms with E-state index in [2.05, 4.69) is 20.9 Å². The van der Waals surface area contributed by atoms with Crippen LogP contribution >= 0.6 is 39.3 Å². The van der Waals surface area contributed by atoms with Gasteiger partial charge < -0.3 is 4.90 Å². The summed E-state index contributed by atoms with van der Waals surface area (Å²) in [6.45, 7) is 1.97. The van der Waals surface area contributed by atoms with Crippen LogP contribution in [0.4, 0.5) is 0 Å². The van der Waals surface area contributed by atoms with E-state index < -0.39 is 21.1 Å². The van der Waals surface area contributed by atoms with Crippen LogP contribution in [0.15, 0.2) is 16.7 Å². The third-order valence-corrected chi connectivity index (χ3v) is 7.22. The maximum Gasteiger partial charge on any atom is 0.258 e. The first kappa shape index (κ1) is 17.1. The largest absolute Gasteiger partial charge is 0.320 e. The Kier molecular flexibility index (Phi) is 5.56. The summed E-state index contributed by atoms with van der Waals surface area (Å²) in [4.78, 5) is 18.0. The summed E-state index contributed by atoms with van der Waals surface area (Å²) in [5.41, 5.74) is 0.217. The quantitative estimate of drug-likeness (QED) is 0.712. The molecule has 1 aliphatic rings. The minimum absolute atomic E-state index is 0.00642. The highest BCUT2D eigenvalue weighted by molar-refractivity contribution is 9.10. The van der Waals surface area contributed by atoms with Crippen molar-refractivity contribution in [3.63, 3.8) is 0 Å². The minimum atomic E-state index is -3.34. The van der Waals surface area contributed by atoms with Crippen LogP contribution in [-0.4, -0.2) is 53.4 Å². The minimum Gasteiger partial charge on any atom is -0.320 e. The highest BCUT2D eigenvalue weighted by Gasteiger charge is 2.36. The Bertz CT molecular complexity index is 654. The molecule has 2 rings (SSSR count). The zero-order valence-electron chi connectivity index (χ0n) is 11.3. The standard InChI is InChI=1S/C12H14BrClN2O3S2/c1-2-21(18,19)10-7-20-4-3-16(10)12(17)9-5-8(13)6-15-11(9)14/h5-6,10H,2-4,7H2,1H3. The Labute approximate surface area is 141 Å². The molecule has 0 saturated carbocycles. The van der Waals surface area contributed by atoms with Gasteiger partial charge in [-0.25, -0.2) is 13.4 Å². The van der Waals surface area contributed by atoms with Crippen molar-refractivity contribution in [2.75, 3.05) is 23.8 Å². The van der Waals surface area contributed by atoms with Crippen molar-refractivity contribution in [1.82, 2.24) is 9.88 Å². The van der Waals surface area contributed by atoms with Gasteiger partial charge in [0.15, 0.2) is 9.84 Å². The van der Waals surface area contributed by atoms with Crippen LogP contribution in [0, 0.1) is 0 Å². The lowest BCUT2D eigenvalue weighted by Gasteiger charge is -2.34. The van der Waals surface area contributed by atoms with Gasteiger partial charge in [-0.3, -0.25) is 4.79 Å². The number of carbonyl (C=O) groups excluding carboxylic acids is 1. The van der Waals surface area contributed by atoms with E-state index in [-0.39, 0.29) is 16.5 Å². The van der Waals surface area contributed by atoms with Gasteiger partial charge in [0.1, 0.15) is 10.5 Å². The molecule has 1 amide bonds. The fraction of sp³-hybridized carbons (Fsp3) is 0.500. The number of amides is 1. The second-order valence-corrected chi connectivity index (χ2v) is 9.34. The third-order valence-electron chi connectivity index (χ3n) is 3.20. The van der Waals surface area contributed by atoms with Gasteiger partial charge in [-0.05, 0) is 22.0 Å². The first-order chi connectivity index (χ1) is 9.86. The molecule has 5 nitrogen and oxygen atoms in total. The molecule has 0 N–H and O–H groups in total. The molecule has 1 saturated heterocycles. The number of halogens is 2. The van der Waals surface area contributed by atoms with E-state index in [1.165, 1.54) is 22.9 Å². The average molecular weight is 414 g/mol. The van der Waals surface area contributed by atoms with E-state index >= 15 is 0 Å². The second kappa shape index (κ2) is 6.85. The number of hydrogen-bond acceptors (Lipinski definition) is 5. The molecular weight excluding hydrogens is 400 g/mol. The summed E-state index contributed by atoms with van der Waals surface area (Å²) >= 11 is 10.8. The number of rotatable bonds is 3. The summed E-state index contributed by atoms with van der Waals surface area (Å²) < 4.78 is 25.0. The molecule has 1 aromatic rings. The van der Waals surface area contributed by atoms with Crippen LogP contribution in [0.25, 0.3) is 0 Å². The van der Waals surface area contributed by atoms with Gasteiger partial charge in [0.05, 0.1) is 5.56 Å². The van der Waals surface area contributed by atoms with Crippen molar-refractivity contribution in [3.8, 4) is 0 Å². The van der Waals surface area contributed by atoms with E-state index in [0.29, 0.717) is 22.5 Å². The van der Waals surface area contributed by atoms with Gasteiger partial charge in [0.25, 0.3) is 5.91 Å². The molecule has 0 radical (unpaired) electrons. The molecule has 1 atom stereocenters. The zero-order valence-corrected chi connectivity index (χ0v) is 15.2. The van der Waals surface area contributed by atoms with Crippen LogP contribution in [0.3, 0.4) is 0 Å². The van der Waals surface area contributed by atoms with Crippen molar-refractivity contribution in [1.29, 1.82) is 0 Å². The molecule has 2 heterocycles. The lowest BCUT2D eigenvalue weighted by atomic mass is 10.2. The van der Waals surface area contributed by atoms with Crippen molar-refractivity contribution in [3.05, 3.63) is 27.5 Å². The van der Waals surface area contributed by atoms with Crippen LogP contribution in [0.1, 0.15) is 17.3 Å². The van der Waals surface area contributed by atoms with Gasteiger partial charge in [-0.2, -0.15) is 11.8 Å². The summed E-state index contributed by atoms with van der Waals surface area (Å²) in [5, 5.41) is -0.724. The second-order valence-electron chi connectivity index (χ2n) is 4.47. The highest BCUT2D eigenvalue weighted by Crippen LogP contribution is 2.26. The maximum atomic E-state index is 12.7. The van der Waals surface area contributed by atoms with Crippen LogP contribution in [0.2, 0.25) is 5.15 Å². The fourth-order valence-electron chi connectivity index (χ4n) is 2.03. The van der Waals surface area contributed by atoms with Crippen LogP contribution in [0.5, 0.6) is 0 Å². The normalized spacial score (nSPS) is 19.6. The van der Waals surface area contributed by atoms with Gasteiger partial charge in [-0.15, -0.1) is 0 Å². The number of sulfone groups is 1. The third kappa shape index (κ3) is 3.72. The molecular formula is C12H14BrClN2O3S2. The van der Waals surface area contributed by atoms with Gasteiger partial charge in [0, 0.05) is 34.5 Å². The Hall–Kier alpha value is -0.310. The zero-order chi connectivity index (χ0) is 15.6. The van der Waals surface area contributed by atoms with E-state index in [9.17, 15) is 13.2 Å². The SMILES string of the molecule is CCS(=O)(=O)C1CSCCN1C(=O)c1cc(Br)cnc1Cl. The molecule has 0 aromatic carbocycles. The van der Waals surface area contributed by atoms with Crippen molar-refractivity contribution < 1.29 is 13.2 Å². The Morgan fingerprint density at radius 3 is 3.00 bits per heavy atom. The summed E-state index contributed by atoms with van der Waals surface area (Å²) in [6.07, 6.45) is 1.49. The Balaban J connectivity index is 2.37. The van der Waals surface area contributed by atoms with Gasteiger partial charge >= 0.3 is 0 Å². The lowest BCUT2D eigenvalue weighted by Crippen LogP contribution is -2.50. The number of nitrogens with zero attached hydrogens (tertiary/aromatic N) is 2. The van der Waals surface area contributed by atoms with E-state index in [1.54, 1.807) is 13.0 Å². The van der Waals surface area contributed by atoms with E-state index in [1.807, 2.05) is 0 Å². The fourth-order valence-corrected chi connectivity index (χ4v) is 5.51. The van der Waals surface area contributed by atoms with Crippen molar-refractivity contribution in [2.45, 2.75) is 12.3 Å². The number of thioether (sulfide) groups is 1. The summed E-state index contributed by atoms with van der Waals surface area (Å²) in [7, 11) is -3.34. The van der Waals surface area contributed by atoms with Crippen LogP contribution < -0.4 is 0 Å². The van der Waals surface area contributed by atoms with E-state index in [0.717, 1.165) is 0 Å².